The van der Waals surface area contributed by atoms with Crippen molar-refractivity contribution in [3.05, 3.63) is 385 Å². The third-order valence-electron chi connectivity index (χ3n) is 20.0. The number of fused-ring (bicyclic) bond motifs is 9. The maximum Gasteiger partial charge on any atom is 0.0714 e. The van der Waals surface area contributed by atoms with Gasteiger partial charge in [0.2, 0.25) is 0 Å². The second kappa shape index (κ2) is 22.2. The topological polar surface area (TPSA) is 4.93 Å². The van der Waals surface area contributed by atoms with Crippen LogP contribution in [0, 0.1) is 0 Å². The molecule has 434 valence electrons. The summed E-state index contributed by atoms with van der Waals surface area (Å²) in [5.41, 5.74) is 29.9. The molecule has 0 aliphatic heterocycles. The number of benzene rings is 15. The molecule has 1 heteroatoms. The van der Waals surface area contributed by atoms with Crippen LogP contribution in [0.1, 0.15) is 33.4 Å². The minimum absolute atomic E-state index is 0.627. The van der Waals surface area contributed by atoms with Crippen molar-refractivity contribution in [1.29, 1.82) is 0 Å². The normalized spacial score (nSPS) is 12.9. The average Bonchev–Trinajstić information content (AvgIpc) is 1.54. The standard InChI is InChI=1S/C92H61N/c1-4-17-67-20-14-30-81(78(67)27-9-1)70-45-41-63(42-46-70)61-33-37-65(38-34-61)72-50-55-90-86(57-72)87-58-73(66-39-35-62(36-40-66)64-43-47-71(48-44-64)82-31-15-21-68-18-10-12-28-79(68)82)51-56-91(87)93(90)77-52-54-85-84-53-49-74(83-32-16-22-69-19-11-13-29-80(69)83)59-88(84)92(89(85)60-77,75-23-5-2-6-24-75)76-25-7-3-8-26-76/h1-16,18-60H,17H2. The third-order valence-corrected chi connectivity index (χ3v) is 20.0. The highest BCUT2D eigenvalue weighted by atomic mass is 15.0. The molecule has 0 amide bonds. The summed E-state index contributed by atoms with van der Waals surface area (Å²) in [5, 5.41) is 7.43. The van der Waals surface area contributed by atoms with Gasteiger partial charge in [0, 0.05) is 16.5 Å². The number of aromatic nitrogens is 1. The summed E-state index contributed by atoms with van der Waals surface area (Å²) >= 11 is 0. The molecule has 0 spiro atoms. The van der Waals surface area contributed by atoms with Gasteiger partial charge in [-0.2, -0.15) is 0 Å². The number of hydrogen-bond donors (Lipinski definition) is 0. The summed E-state index contributed by atoms with van der Waals surface area (Å²) in [7, 11) is 0. The van der Waals surface area contributed by atoms with Crippen LogP contribution in [0.4, 0.5) is 0 Å². The quantitative estimate of drug-likeness (QED) is 0.129. The Bertz CT molecular complexity index is 5600. The molecule has 0 saturated heterocycles. The molecule has 16 aromatic rings. The maximum atomic E-state index is 2.52. The molecule has 2 aliphatic carbocycles. The molecule has 2 aliphatic rings. The lowest BCUT2D eigenvalue weighted by Crippen LogP contribution is -2.28. The lowest BCUT2D eigenvalue weighted by atomic mass is 9.67. The van der Waals surface area contributed by atoms with Gasteiger partial charge in [0.25, 0.3) is 0 Å². The summed E-state index contributed by atoms with van der Waals surface area (Å²) in [4.78, 5) is 0. The first-order valence-corrected chi connectivity index (χ1v) is 32.4. The van der Waals surface area contributed by atoms with E-state index in [9.17, 15) is 0 Å². The van der Waals surface area contributed by atoms with Gasteiger partial charge in [-0.05, 0) is 193 Å². The summed E-state index contributed by atoms with van der Waals surface area (Å²) in [6.07, 6.45) is 9.73. The highest BCUT2D eigenvalue weighted by Crippen LogP contribution is 2.58. The molecule has 15 aromatic carbocycles. The van der Waals surface area contributed by atoms with Crippen LogP contribution in [0.15, 0.2) is 352 Å². The van der Waals surface area contributed by atoms with Gasteiger partial charge < -0.3 is 4.57 Å². The fourth-order valence-corrected chi connectivity index (χ4v) is 15.5. The van der Waals surface area contributed by atoms with E-state index >= 15 is 0 Å². The number of nitrogens with zero attached hydrogens (tertiary/aromatic N) is 1. The van der Waals surface area contributed by atoms with Crippen LogP contribution < -0.4 is 0 Å². The van der Waals surface area contributed by atoms with Crippen LogP contribution in [0.3, 0.4) is 0 Å². The molecule has 0 unspecified atom stereocenters. The van der Waals surface area contributed by atoms with Crippen molar-refractivity contribution < 1.29 is 0 Å². The van der Waals surface area contributed by atoms with Crippen molar-refractivity contribution in [3.63, 3.8) is 0 Å². The number of allylic oxidation sites excluding steroid dienone is 3. The van der Waals surface area contributed by atoms with Crippen molar-refractivity contribution in [2.75, 3.05) is 0 Å². The fraction of sp³-hybridized carbons (Fsp3) is 0.0217. The van der Waals surface area contributed by atoms with E-state index in [1.165, 1.54) is 155 Å². The van der Waals surface area contributed by atoms with E-state index < -0.39 is 5.41 Å². The number of rotatable bonds is 10. The highest BCUT2D eigenvalue weighted by Gasteiger charge is 2.46. The first-order chi connectivity index (χ1) is 46.1. The summed E-state index contributed by atoms with van der Waals surface area (Å²) in [6, 6.07) is 125. The average molecular weight is 1180 g/mol. The van der Waals surface area contributed by atoms with Crippen LogP contribution in [0.25, 0.3) is 144 Å². The molecule has 0 atom stereocenters. The Kier molecular flexibility index (Phi) is 12.9. The van der Waals surface area contributed by atoms with E-state index in [4.69, 9.17) is 0 Å². The molecule has 0 fully saturated rings. The molecule has 1 nitrogen and oxygen atoms in total. The van der Waals surface area contributed by atoms with Gasteiger partial charge in [0.1, 0.15) is 0 Å². The molecule has 0 bridgehead atoms. The van der Waals surface area contributed by atoms with Crippen molar-refractivity contribution >= 4 is 49.4 Å². The summed E-state index contributed by atoms with van der Waals surface area (Å²) in [6.45, 7) is 0. The van der Waals surface area contributed by atoms with Crippen molar-refractivity contribution in [2.24, 2.45) is 0 Å². The van der Waals surface area contributed by atoms with Gasteiger partial charge in [-0.15, -0.1) is 0 Å². The van der Waals surface area contributed by atoms with E-state index in [-0.39, 0.29) is 0 Å². The van der Waals surface area contributed by atoms with Gasteiger partial charge >= 0.3 is 0 Å². The largest absolute Gasteiger partial charge is 0.309 e. The lowest BCUT2D eigenvalue weighted by molar-refractivity contribution is 0.768. The van der Waals surface area contributed by atoms with Crippen LogP contribution in [-0.2, 0) is 11.8 Å². The first kappa shape index (κ1) is 54.1. The van der Waals surface area contributed by atoms with Crippen LogP contribution in [-0.4, -0.2) is 4.57 Å². The van der Waals surface area contributed by atoms with Gasteiger partial charge in [0.15, 0.2) is 0 Å². The van der Waals surface area contributed by atoms with Crippen molar-refractivity contribution in [3.8, 4) is 94.7 Å². The zero-order valence-corrected chi connectivity index (χ0v) is 51.2. The van der Waals surface area contributed by atoms with E-state index in [0.29, 0.717) is 0 Å². The second-order valence-electron chi connectivity index (χ2n) is 25.0. The summed E-state index contributed by atoms with van der Waals surface area (Å²) in [5.74, 6) is 0. The van der Waals surface area contributed by atoms with Gasteiger partial charge in [-0.25, -0.2) is 0 Å². The molecular weight excluding hydrogens is 1120 g/mol. The Labute approximate surface area is 542 Å². The first-order valence-electron chi connectivity index (χ1n) is 32.4. The molecular formula is C92H61N. The molecule has 1 heterocycles. The van der Waals surface area contributed by atoms with Crippen molar-refractivity contribution in [2.45, 2.75) is 11.8 Å². The smallest absolute Gasteiger partial charge is 0.0714 e. The zero-order chi connectivity index (χ0) is 61.4. The van der Waals surface area contributed by atoms with Gasteiger partial charge in [0.05, 0.1) is 16.4 Å². The Hall–Kier alpha value is -11.9. The van der Waals surface area contributed by atoms with E-state index in [1.807, 2.05) is 0 Å². The minimum Gasteiger partial charge on any atom is -0.309 e. The maximum absolute atomic E-state index is 2.52. The molecule has 0 saturated carbocycles. The molecule has 0 N–H and O–H groups in total. The van der Waals surface area contributed by atoms with Crippen LogP contribution in [0.5, 0.6) is 0 Å². The van der Waals surface area contributed by atoms with Crippen LogP contribution >= 0.6 is 0 Å². The number of hydrogen-bond acceptors (Lipinski definition) is 0. The third kappa shape index (κ3) is 9.07. The predicted molar refractivity (Wildman–Crippen MR) is 393 cm³/mol. The molecule has 93 heavy (non-hydrogen) atoms. The monoisotopic (exact) mass is 1180 g/mol. The van der Waals surface area contributed by atoms with Crippen LogP contribution in [0.2, 0.25) is 0 Å². The lowest BCUT2D eigenvalue weighted by Gasteiger charge is -2.34. The van der Waals surface area contributed by atoms with Gasteiger partial charge in [-0.3, -0.25) is 0 Å². The molecule has 18 rings (SSSR count). The van der Waals surface area contributed by atoms with Crippen molar-refractivity contribution in [1.82, 2.24) is 4.57 Å². The Morgan fingerprint density at radius 3 is 1.22 bits per heavy atom. The zero-order valence-electron chi connectivity index (χ0n) is 51.2. The highest BCUT2D eigenvalue weighted by molar-refractivity contribution is 6.12. The van der Waals surface area contributed by atoms with E-state index in [1.54, 1.807) is 0 Å². The summed E-state index contributed by atoms with van der Waals surface area (Å²) < 4.78 is 2.52. The van der Waals surface area contributed by atoms with E-state index in [2.05, 4.69) is 363 Å². The fourth-order valence-electron chi connectivity index (χ4n) is 15.5. The Balaban J connectivity index is 0.760. The predicted octanol–water partition coefficient (Wildman–Crippen LogP) is 24.2. The second-order valence-corrected chi connectivity index (χ2v) is 25.0. The molecule has 1 aromatic heterocycles. The minimum atomic E-state index is -0.627. The van der Waals surface area contributed by atoms with Gasteiger partial charge in [-0.1, -0.05) is 315 Å². The Morgan fingerprint density at radius 2 is 0.667 bits per heavy atom. The van der Waals surface area contributed by atoms with E-state index in [0.717, 1.165) is 23.1 Å². The molecule has 0 radical (unpaired) electrons. The SMILES string of the molecule is C1=CCc2cccc(-c3ccc(-c4ccc(-c5ccc6c(c5)c5cc(-c7ccc(-c8ccc(-c9cccc%10ccccc9%10)cc8)cc7)ccc5n6-c5ccc6c(c5)C(c5ccccc5)(c5ccccc5)c5cc(-c7cccc8ccccc78)ccc5-6)cc4)cc3)c2C=C1. The Morgan fingerprint density at radius 1 is 0.258 bits per heavy atom.